The van der Waals surface area contributed by atoms with Crippen LogP contribution in [0.4, 0.5) is 5.69 Å². The molecule has 0 spiro atoms. The molecule has 2 aromatic heterocycles. The van der Waals surface area contributed by atoms with Crippen molar-refractivity contribution in [3.05, 3.63) is 62.6 Å². The summed E-state index contributed by atoms with van der Waals surface area (Å²) in [6.45, 7) is 0. The van der Waals surface area contributed by atoms with Crippen molar-refractivity contribution in [2.45, 2.75) is 0 Å². The van der Waals surface area contributed by atoms with Crippen molar-refractivity contribution in [1.29, 1.82) is 0 Å². The van der Waals surface area contributed by atoms with Crippen molar-refractivity contribution >= 4 is 33.8 Å². The van der Waals surface area contributed by atoms with Gasteiger partial charge in [-0.3, -0.25) is 4.79 Å². The number of nitrogens with two attached hydrogens (primary N) is 1. The van der Waals surface area contributed by atoms with Gasteiger partial charge in [-0.2, -0.15) is 0 Å². The van der Waals surface area contributed by atoms with Crippen LogP contribution in [-0.4, -0.2) is 5.78 Å². The first-order valence-electron chi connectivity index (χ1n) is 5.58. The van der Waals surface area contributed by atoms with E-state index in [4.69, 9.17) is 10.2 Å². The summed E-state index contributed by atoms with van der Waals surface area (Å²) < 4.78 is 5.14. The third-order valence-corrected chi connectivity index (χ3v) is 3.69. The molecule has 0 aliphatic rings. The van der Waals surface area contributed by atoms with Crippen LogP contribution in [-0.2, 0) is 0 Å². The van der Waals surface area contributed by atoms with E-state index in [1.165, 1.54) is 11.3 Å². The fraction of sp³-hybridized carbons (Fsp3) is 0. The lowest BCUT2D eigenvalue weighted by atomic mass is 10.1. The molecular weight excluding hydrogens is 262 g/mol. The largest absolute Gasteiger partial charge is 0.422 e. The molecule has 4 nitrogen and oxygen atoms in total. The second-order valence-corrected chi connectivity index (χ2v) is 4.93. The molecule has 2 N–H and O–H groups in total. The number of hydrogen-bond acceptors (Lipinski definition) is 5. The number of fused-ring (bicyclic) bond motifs is 1. The van der Waals surface area contributed by atoms with Crippen molar-refractivity contribution in [2.24, 2.45) is 0 Å². The van der Waals surface area contributed by atoms with E-state index in [0.29, 0.717) is 15.8 Å². The maximum atomic E-state index is 12.3. The topological polar surface area (TPSA) is 73.3 Å². The van der Waals surface area contributed by atoms with Crippen LogP contribution in [0.25, 0.3) is 11.0 Å². The SMILES string of the molecule is Nc1c(C(=O)c2cccs2)c(=O)oc2ccccc12. The molecule has 0 unspecified atom stereocenters. The molecule has 5 heteroatoms. The molecule has 19 heavy (non-hydrogen) atoms. The van der Waals surface area contributed by atoms with Crippen LogP contribution in [0.1, 0.15) is 15.2 Å². The molecule has 0 fully saturated rings. The first kappa shape index (κ1) is 11.7. The summed E-state index contributed by atoms with van der Waals surface area (Å²) in [5.74, 6) is -0.396. The molecule has 0 aliphatic carbocycles. The number of anilines is 1. The maximum absolute atomic E-state index is 12.3. The van der Waals surface area contributed by atoms with Crippen LogP contribution >= 0.6 is 11.3 Å². The Morgan fingerprint density at radius 1 is 1.16 bits per heavy atom. The molecule has 0 amide bonds. The highest BCUT2D eigenvalue weighted by Gasteiger charge is 2.21. The molecule has 1 aromatic carbocycles. The number of para-hydroxylation sites is 1. The molecule has 3 rings (SSSR count). The number of rotatable bonds is 2. The van der Waals surface area contributed by atoms with Crippen LogP contribution in [0.5, 0.6) is 0 Å². The van der Waals surface area contributed by atoms with Gasteiger partial charge in [0.15, 0.2) is 0 Å². The summed E-state index contributed by atoms with van der Waals surface area (Å²) in [5.41, 5.74) is 5.71. The lowest BCUT2D eigenvalue weighted by molar-refractivity contribution is 0.104. The van der Waals surface area contributed by atoms with Crippen molar-refractivity contribution in [3.8, 4) is 0 Å². The van der Waals surface area contributed by atoms with Gasteiger partial charge in [-0.05, 0) is 23.6 Å². The highest BCUT2D eigenvalue weighted by atomic mass is 32.1. The Morgan fingerprint density at radius 2 is 1.95 bits per heavy atom. The van der Waals surface area contributed by atoms with Crippen molar-refractivity contribution in [3.63, 3.8) is 0 Å². The van der Waals surface area contributed by atoms with E-state index in [2.05, 4.69) is 0 Å². The van der Waals surface area contributed by atoms with Gasteiger partial charge in [-0.1, -0.05) is 18.2 Å². The summed E-state index contributed by atoms with van der Waals surface area (Å²) in [7, 11) is 0. The Bertz CT molecular complexity index is 818. The van der Waals surface area contributed by atoms with Gasteiger partial charge < -0.3 is 10.2 Å². The molecule has 0 atom stereocenters. The normalized spacial score (nSPS) is 10.7. The monoisotopic (exact) mass is 271 g/mol. The van der Waals surface area contributed by atoms with Crippen LogP contribution < -0.4 is 11.4 Å². The number of nitrogen functional groups attached to an aromatic ring is 1. The third kappa shape index (κ3) is 1.84. The molecule has 2 heterocycles. The molecule has 3 aromatic rings. The highest BCUT2D eigenvalue weighted by Crippen LogP contribution is 2.24. The van der Waals surface area contributed by atoms with Crippen LogP contribution in [0.3, 0.4) is 0 Å². The average molecular weight is 271 g/mol. The minimum absolute atomic E-state index is 0.0962. The molecule has 0 radical (unpaired) electrons. The summed E-state index contributed by atoms with van der Waals surface area (Å²) in [4.78, 5) is 24.7. The maximum Gasteiger partial charge on any atom is 0.349 e. The second kappa shape index (κ2) is 4.37. The zero-order valence-corrected chi connectivity index (χ0v) is 10.6. The lowest BCUT2D eigenvalue weighted by Crippen LogP contribution is -2.17. The fourth-order valence-corrected chi connectivity index (χ4v) is 2.59. The summed E-state index contributed by atoms with van der Waals surface area (Å²) in [6.07, 6.45) is 0. The smallest absolute Gasteiger partial charge is 0.349 e. The molecule has 0 aliphatic heterocycles. The van der Waals surface area contributed by atoms with Gasteiger partial charge in [0.05, 0.1) is 10.6 Å². The summed E-state index contributed by atoms with van der Waals surface area (Å²) in [5, 5.41) is 2.34. The van der Waals surface area contributed by atoms with Crippen molar-refractivity contribution in [2.75, 3.05) is 5.73 Å². The van der Waals surface area contributed by atoms with E-state index in [-0.39, 0.29) is 11.3 Å². The van der Waals surface area contributed by atoms with E-state index >= 15 is 0 Å². The van der Waals surface area contributed by atoms with Crippen LogP contribution in [0.2, 0.25) is 0 Å². The summed E-state index contributed by atoms with van der Waals surface area (Å²) >= 11 is 1.26. The Morgan fingerprint density at radius 3 is 2.68 bits per heavy atom. The molecule has 0 bridgehead atoms. The predicted octanol–water partition coefficient (Wildman–Crippen LogP) is 2.67. The number of thiophene rings is 1. The van der Waals surface area contributed by atoms with E-state index in [9.17, 15) is 9.59 Å². The standard InChI is InChI=1S/C14H9NO3S/c15-12-8-4-1-2-5-9(8)18-14(17)11(12)13(16)10-6-3-7-19-10/h1-7H,15H2. The first-order chi connectivity index (χ1) is 9.18. The number of hydrogen-bond donors (Lipinski definition) is 1. The zero-order chi connectivity index (χ0) is 13.4. The lowest BCUT2D eigenvalue weighted by Gasteiger charge is -2.05. The second-order valence-electron chi connectivity index (χ2n) is 3.98. The number of carbonyl (C=O) groups excluding carboxylic acids is 1. The van der Waals surface area contributed by atoms with E-state index in [1.807, 2.05) is 0 Å². The van der Waals surface area contributed by atoms with Gasteiger partial charge in [0, 0.05) is 5.39 Å². The Kier molecular flexibility index (Phi) is 2.68. The minimum Gasteiger partial charge on any atom is -0.422 e. The molecule has 0 saturated heterocycles. The number of carbonyl (C=O) groups is 1. The zero-order valence-electron chi connectivity index (χ0n) is 9.75. The average Bonchev–Trinajstić information content (AvgIpc) is 2.92. The van der Waals surface area contributed by atoms with E-state index < -0.39 is 11.4 Å². The quantitative estimate of drug-likeness (QED) is 0.574. The van der Waals surface area contributed by atoms with Gasteiger partial charge in [-0.25, -0.2) is 4.79 Å². The minimum atomic E-state index is -0.699. The number of benzene rings is 1. The van der Waals surface area contributed by atoms with Gasteiger partial charge in [0.25, 0.3) is 0 Å². The predicted molar refractivity (Wildman–Crippen MR) is 74.6 cm³/mol. The Labute approximate surface area is 112 Å². The van der Waals surface area contributed by atoms with Crippen molar-refractivity contribution in [1.82, 2.24) is 0 Å². The molecule has 94 valence electrons. The van der Waals surface area contributed by atoms with Gasteiger partial charge >= 0.3 is 5.63 Å². The Hall–Kier alpha value is -2.40. The van der Waals surface area contributed by atoms with Crippen LogP contribution in [0, 0.1) is 0 Å². The molecular formula is C14H9NO3S. The van der Waals surface area contributed by atoms with E-state index in [0.717, 1.165) is 0 Å². The first-order valence-corrected chi connectivity index (χ1v) is 6.46. The van der Waals surface area contributed by atoms with E-state index in [1.54, 1.807) is 41.8 Å². The highest BCUT2D eigenvalue weighted by molar-refractivity contribution is 7.12. The number of ketones is 1. The fourth-order valence-electron chi connectivity index (χ4n) is 1.92. The van der Waals surface area contributed by atoms with Crippen LogP contribution in [0.15, 0.2) is 51.0 Å². The van der Waals surface area contributed by atoms with Gasteiger partial charge in [0.2, 0.25) is 5.78 Å². The Balaban J connectivity index is 2.30. The van der Waals surface area contributed by atoms with Gasteiger partial charge in [0.1, 0.15) is 11.1 Å². The van der Waals surface area contributed by atoms with Gasteiger partial charge in [-0.15, -0.1) is 11.3 Å². The summed E-state index contributed by atoms with van der Waals surface area (Å²) in [6, 6.07) is 10.3. The van der Waals surface area contributed by atoms with Crippen molar-refractivity contribution < 1.29 is 9.21 Å². The third-order valence-electron chi connectivity index (χ3n) is 2.83. The molecule has 0 saturated carbocycles.